The van der Waals surface area contributed by atoms with Gasteiger partial charge in [-0.15, -0.1) is 0 Å². The normalized spacial score (nSPS) is 21.4. The molecule has 0 unspecified atom stereocenters. The van der Waals surface area contributed by atoms with Crippen molar-refractivity contribution in [3.63, 3.8) is 0 Å². The molecule has 0 bridgehead atoms. The molecule has 32 heavy (non-hydrogen) atoms. The lowest BCUT2D eigenvalue weighted by atomic mass is 9.77. The summed E-state index contributed by atoms with van der Waals surface area (Å²) in [5.74, 6) is 0.394. The van der Waals surface area contributed by atoms with Gasteiger partial charge >= 0.3 is 0 Å². The summed E-state index contributed by atoms with van der Waals surface area (Å²) >= 11 is 3.69. The van der Waals surface area contributed by atoms with Gasteiger partial charge in [0.2, 0.25) is 0 Å². The molecule has 2 nitrogen and oxygen atoms in total. The summed E-state index contributed by atoms with van der Waals surface area (Å²) in [4.78, 5) is 2.54. The van der Waals surface area contributed by atoms with E-state index in [-0.39, 0.29) is 6.61 Å². The van der Waals surface area contributed by atoms with Gasteiger partial charge in [-0.2, -0.15) is 0 Å². The van der Waals surface area contributed by atoms with Gasteiger partial charge in [0, 0.05) is 31.3 Å². The summed E-state index contributed by atoms with van der Waals surface area (Å²) in [6.45, 7) is 7.02. The minimum absolute atomic E-state index is 0.242. The topological polar surface area (TPSA) is 23.5 Å². The highest BCUT2D eigenvalue weighted by atomic mass is 79.9. The van der Waals surface area contributed by atoms with Crippen molar-refractivity contribution in [1.82, 2.24) is 4.90 Å². The lowest BCUT2D eigenvalue weighted by molar-refractivity contribution is 0.288. The van der Waals surface area contributed by atoms with Crippen LogP contribution in [0.3, 0.4) is 0 Å². The molecular formula is C29H40BrNO. The number of rotatable bonds is 11. The van der Waals surface area contributed by atoms with Crippen molar-refractivity contribution < 1.29 is 5.11 Å². The number of hydrogen-bond acceptors (Lipinski definition) is 2. The van der Waals surface area contributed by atoms with Crippen molar-refractivity contribution in [2.45, 2.75) is 71.6 Å². The van der Waals surface area contributed by atoms with Gasteiger partial charge in [-0.3, -0.25) is 0 Å². The van der Waals surface area contributed by atoms with E-state index in [4.69, 9.17) is 0 Å². The van der Waals surface area contributed by atoms with Gasteiger partial charge in [0.15, 0.2) is 0 Å². The number of nitrogens with zero attached hydrogens (tertiary/aromatic N) is 1. The van der Waals surface area contributed by atoms with Gasteiger partial charge in [-0.1, -0.05) is 72.3 Å². The van der Waals surface area contributed by atoms with Crippen LogP contribution in [0.4, 0.5) is 0 Å². The SMILES string of the molecule is CCCN(CCC)C1=CC[C@@H](/C(C2=CC=C(Br)CC2)=C(/CCCO)C2=CCCC=C2)C=C1. The molecule has 1 atom stereocenters. The summed E-state index contributed by atoms with van der Waals surface area (Å²) in [6, 6.07) is 0. The van der Waals surface area contributed by atoms with E-state index in [0.29, 0.717) is 5.92 Å². The van der Waals surface area contributed by atoms with Crippen LogP contribution in [0.5, 0.6) is 0 Å². The van der Waals surface area contributed by atoms with E-state index < -0.39 is 0 Å². The summed E-state index contributed by atoms with van der Waals surface area (Å²) in [5.41, 5.74) is 7.16. The van der Waals surface area contributed by atoms with Gasteiger partial charge in [0.25, 0.3) is 0 Å². The quantitative estimate of drug-likeness (QED) is 0.313. The zero-order valence-corrected chi connectivity index (χ0v) is 21.5. The number of aliphatic hydroxyl groups is 1. The van der Waals surface area contributed by atoms with Crippen molar-refractivity contribution >= 4 is 15.9 Å². The molecule has 3 aliphatic rings. The van der Waals surface area contributed by atoms with Crippen LogP contribution in [0, 0.1) is 5.92 Å². The fraction of sp³-hybridized carbons (Fsp3) is 0.517. The smallest absolute Gasteiger partial charge is 0.0434 e. The Bertz CT molecular complexity index is 846. The fourth-order valence-corrected chi connectivity index (χ4v) is 5.32. The second kappa shape index (κ2) is 13.2. The Morgan fingerprint density at radius 2 is 1.88 bits per heavy atom. The molecule has 1 N–H and O–H groups in total. The third-order valence-electron chi connectivity index (χ3n) is 6.50. The summed E-state index contributed by atoms with van der Waals surface area (Å²) in [7, 11) is 0. The highest BCUT2D eigenvalue weighted by Gasteiger charge is 2.24. The first-order valence-electron chi connectivity index (χ1n) is 12.6. The maximum atomic E-state index is 9.63. The highest BCUT2D eigenvalue weighted by Crippen LogP contribution is 2.40. The summed E-state index contributed by atoms with van der Waals surface area (Å²) in [6.07, 6.45) is 28.4. The van der Waals surface area contributed by atoms with E-state index in [1.807, 2.05) is 0 Å². The average Bonchev–Trinajstić information content (AvgIpc) is 2.83. The van der Waals surface area contributed by atoms with Gasteiger partial charge < -0.3 is 10.0 Å². The highest BCUT2D eigenvalue weighted by molar-refractivity contribution is 9.11. The Labute approximate surface area is 204 Å². The van der Waals surface area contributed by atoms with Crippen LogP contribution in [-0.4, -0.2) is 29.7 Å². The third-order valence-corrected chi connectivity index (χ3v) is 7.16. The largest absolute Gasteiger partial charge is 0.396 e. The molecule has 3 aliphatic carbocycles. The third kappa shape index (κ3) is 6.71. The Kier molecular flexibility index (Phi) is 10.3. The lowest BCUT2D eigenvalue weighted by Crippen LogP contribution is -2.25. The van der Waals surface area contributed by atoms with Crippen LogP contribution in [0.1, 0.15) is 71.6 Å². The Hall–Kier alpha value is -1.58. The van der Waals surface area contributed by atoms with Crippen LogP contribution in [-0.2, 0) is 0 Å². The standard InChI is InChI=1S/C29H40BrNO/c1-3-20-31(21-4-2)27-18-14-25(15-19-27)29(24-12-16-26(30)17-13-24)28(11-8-22-32)23-9-6-5-7-10-23/h6,9-10,12,14,16,18-19,25,32H,3-5,7-8,11,13,15,17,20-22H2,1-2H3/b29-28-/t25-/m0/s1. The first kappa shape index (κ1) is 25.1. The van der Waals surface area contributed by atoms with Crippen LogP contribution in [0.2, 0.25) is 0 Å². The molecular weight excluding hydrogens is 458 g/mol. The van der Waals surface area contributed by atoms with E-state index in [0.717, 1.165) is 58.0 Å². The van der Waals surface area contributed by atoms with Crippen LogP contribution < -0.4 is 0 Å². The van der Waals surface area contributed by atoms with Crippen LogP contribution in [0.25, 0.3) is 0 Å². The molecule has 0 spiro atoms. The van der Waals surface area contributed by atoms with Crippen LogP contribution in [0.15, 0.2) is 81.1 Å². The van der Waals surface area contributed by atoms with Crippen molar-refractivity contribution in [3.05, 3.63) is 81.1 Å². The first-order chi connectivity index (χ1) is 15.7. The molecule has 3 heteroatoms. The van der Waals surface area contributed by atoms with E-state index in [1.165, 1.54) is 45.3 Å². The molecule has 0 heterocycles. The second-order valence-electron chi connectivity index (χ2n) is 8.98. The van der Waals surface area contributed by atoms with E-state index in [2.05, 4.69) is 83.3 Å². The van der Waals surface area contributed by atoms with E-state index in [9.17, 15) is 5.11 Å². The Morgan fingerprint density at radius 3 is 2.44 bits per heavy atom. The summed E-state index contributed by atoms with van der Waals surface area (Å²) in [5, 5.41) is 9.63. The molecule has 0 saturated carbocycles. The molecule has 0 radical (unpaired) electrons. The number of hydrogen-bond donors (Lipinski definition) is 1. The minimum Gasteiger partial charge on any atom is -0.396 e. The average molecular weight is 499 g/mol. The molecule has 0 amide bonds. The Balaban J connectivity index is 1.98. The molecule has 174 valence electrons. The monoisotopic (exact) mass is 497 g/mol. The molecule has 0 aromatic heterocycles. The van der Waals surface area contributed by atoms with E-state index in [1.54, 1.807) is 0 Å². The number of aliphatic hydroxyl groups excluding tert-OH is 1. The molecule has 0 aromatic rings. The predicted octanol–water partition coefficient (Wildman–Crippen LogP) is 7.91. The van der Waals surface area contributed by atoms with Crippen molar-refractivity contribution in [3.8, 4) is 0 Å². The molecule has 0 fully saturated rings. The van der Waals surface area contributed by atoms with Crippen molar-refractivity contribution in [2.75, 3.05) is 19.7 Å². The molecule has 0 aromatic carbocycles. The minimum atomic E-state index is 0.242. The molecule has 3 rings (SSSR count). The number of allylic oxidation sites excluding steroid dienone is 13. The zero-order chi connectivity index (χ0) is 22.8. The van der Waals surface area contributed by atoms with Crippen LogP contribution >= 0.6 is 15.9 Å². The van der Waals surface area contributed by atoms with Gasteiger partial charge in [0.05, 0.1) is 0 Å². The van der Waals surface area contributed by atoms with Gasteiger partial charge in [0.1, 0.15) is 0 Å². The zero-order valence-electron chi connectivity index (χ0n) is 20.0. The molecule has 0 saturated heterocycles. The van der Waals surface area contributed by atoms with Crippen molar-refractivity contribution in [2.24, 2.45) is 5.92 Å². The lowest BCUT2D eigenvalue weighted by Gasteiger charge is -2.31. The predicted molar refractivity (Wildman–Crippen MR) is 142 cm³/mol. The maximum absolute atomic E-state index is 9.63. The van der Waals surface area contributed by atoms with Gasteiger partial charge in [-0.05, 0) is 90.6 Å². The van der Waals surface area contributed by atoms with Crippen molar-refractivity contribution in [1.29, 1.82) is 0 Å². The fourth-order valence-electron chi connectivity index (χ4n) is 4.99. The first-order valence-corrected chi connectivity index (χ1v) is 13.4. The maximum Gasteiger partial charge on any atom is 0.0434 e. The summed E-state index contributed by atoms with van der Waals surface area (Å²) < 4.78 is 1.28. The second-order valence-corrected chi connectivity index (χ2v) is 10.00. The molecule has 0 aliphatic heterocycles. The van der Waals surface area contributed by atoms with E-state index >= 15 is 0 Å². The number of halogens is 1. The van der Waals surface area contributed by atoms with Gasteiger partial charge in [-0.25, -0.2) is 0 Å². The Morgan fingerprint density at radius 1 is 1.06 bits per heavy atom.